The number of thioether (sulfide) groups is 1. The Hall–Kier alpha value is -5.32. The number of carbonyl (C=O) groups is 2. The number of hydrogen-bond acceptors (Lipinski definition) is 8. The SMILES string of the molecule is C[C@H]1[C@@H](CSc2nc(-c3ccccc3)c(-c3ccccc3)o2)O[C@@H](c2cccc(N3C(=O)c4ccccc4C3=O)c2)O[C@H]1c1ccc(CO)cc1. The van der Waals surface area contributed by atoms with Crippen LogP contribution in [0.4, 0.5) is 5.69 Å². The molecule has 8 nitrogen and oxygen atoms in total. The van der Waals surface area contributed by atoms with Crippen molar-refractivity contribution in [1.82, 2.24) is 4.98 Å². The smallest absolute Gasteiger partial charge is 0.266 e. The summed E-state index contributed by atoms with van der Waals surface area (Å²) < 4.78 is 19.8. The first-order valence-corrected chi connectivity index (χ1v) is 17.8. The van der Waals surface area contributed by atoms with E-state index in [9.17, 15) is 14.7 Å². The molecule has 0 unspecified atom stereocenters. The highest BCUT2D eigenvalue weighted by atomic mass is 32.2. The van der Waals surface area contributed by atoms with Crippen LogP contribution in [0, 0.1) is 5.92 Å². The lowest BCUT2D eigenvalue weighted by atomic mass is 9.91. The van der Waals surface area contributed by atoms with Gasteiger partial charge in [0.15, 0.2) is 12.1 Å². The van der Waals surface area contributed by atoms with Gasteiger partial charge in [-0.3, -0.25) is 9.59 Å². The topological polar surface area (TPSA) is 102 Å². The van der Waals surface area contributed by atoms with E-state index in [4.69, 9.17) is 18.9 Å². The van der Waals surface area contributed by atoms with Crippen LogP contribution in [0.1, 0.15) is 56.7 Å². The van der Waals surface area contributed by atoms with Gasteiger partial charge in [-0.05, 0) is 35.4 Å². The number of carbonyl (C=O) groups excluding carboxylic acids is 2. The second-order valence-electron chi connectivity index (χ2n) is 12.6. The lowest BCUT2D eigenvalue weighted by molar-refractivity contribution is -0.268. The number of aromatic nitrogens is 1. The molecule has 0 saturated carbocycles. The Morgan fingerprint density at radius 2 is 1.37 bits per heavy atom. The number of aliphatic hydroxyl groups excluding tert-OH is 1. The van der Waals surface area contributed by atoms with Gasteiger partial charge in [-0.25, -0.2) is 9.88 Å². The molecule has 3 heterocycles. The Morgan fingerprint density at radius 1 is 0.725 bits per heavy atom. The molecule has 5 aromatic carbocycles. The Labute approximate surface area is 299 Å². The van der Waals surface area contributed by atoms with Crippen molar-refractivity contribution in [3.63, 3.8) is 0 Å². The van der Waals surface area contributed by atoms with E-state index < -0.39 is 6.29 Å². The first-order chi connectivity index (χ1) is 25.0. The number of amides is 2. The predicted molar refractivity (Wildman–Crippen MR) is 195 cm³/mol. The number of aliphatic hydroxyl groups is 1. The summed E-state index contributed by atoms with van der Waals surface area (Å²) in [5.74, 6) is 0.422. The fourth-order valence-corrected chi connectivity index (χ4v) is 7.62. The molecule has 254 valence electrons. The molecular formula is C42H34N2O6S. The van der Waals surface area contributed by atoms with E-state index in [0.29, 0.717) is 39.1 Å². The maximum Gasteiger partial charge on any atom is 0.266 e. The summed E-state index contributed by atoms with van der Waals surface area (Å²) in [5, 5.41) is 10.2. The highest BCUT2D eigenvalue weighted by molar-refractivity contribution is 7.99. The third kappa shape index (κ3) is 6.41. The summed E-state index contributed by atoms with van der Waals surface area (Å²) in [5.41, 5.74) is 6.33. The van der Waals surface area contributed by atoms with Crippen molar-refractivity contribution in [1.29, 1.82) is 0 Å². The Kier molecular flexibility index (Phi) is 9.10. The molecule has 8 rings (SSSR count). The van der Waals surface area contributed by atoms with Gasteiger partial charge >= 0.3 is 0 Å². The molecule has 1 fully saturated rings. The second-order valence-corrected chi connectivity index (χ2v) is 13.6. The summed E-state index contributed by atoms with van der Waals surface area (Å²) in [6, 6.07) is 41.7. The van der Waals surface area contributed by atoms with Crippen LogP contribution in [0.25, 0.3) is 22.6 Å². The first kappa shape index (κ1) is 32.9. The largest absolute Gasteiger partial charge is 0.431 e. The Morgan fingerprint density at radius 3 is 2.04 bits per heavy atom. The van der Waals surface area contributed by atoms with Gasteiger partial charge in [-0.1, -0.05) is 128 Å². The van der Waals surface area contributed by atoms with E-state index in [1.807, 2.05) is 91.0 Å². The fraction of sp³-hybridized carbons (Fsp3) is 0.167. The molecule has 0 aliphatic carbocycles. The summed E-state index contributed by atoms with van der Waals surface area (Å²) >= 11 is 1.48. The number of imide groups is 1. The zero-order valence-electron chi connectivity index (χ0n) is 27.7. The molecule has 0 radical (unpaired) electrons. The van der Waals surface area contributed by atoms with Gasteiger partial charge < -0.3 is 19.0 Å². The van der Waals surface area contributed by atoms with Crippen LogP contribution in [0.15, 0.2) is 143 Å². The van der Waals surface area contributed by atoms with Crippen molar-refractivity contribution in [2.45, 2.75) is 37.3 Å². The average molecular weight is 695 g/mol. The first-order valence-electron chi connectivity index (χ1n) is 16.8. The molecule has 0 bridgehead atoms. The highest BCUT2D eigenvalue weighted by Gasteiger charge is 2.40. The maximum atomic E-state index is 13.3. The number of fused-ring (bicyclic) bond motifs is 1. The van der Waals surface area contributed by atoms with E-state index in [-0.39, 0.29) is 36.5 Å². The van der Waals surface area contributed by atoms with E-state index in [1.54, 1.807) is 42.5 Å². The van der Waals surface area contributed by atoms with Crippen molar-refractivity contribution in [2.24, 2.45) is 5.92 Å². The lowest BCUT2D eigenvalue weighted by Crippen LogP contribution is -2.38. The maximum absolute atomic E-state index is 13.3. The number of anilines is 1. The number of oxazole rings is 1. The summed E-state index contributed by atoms with van der Waals surface area (Å²) in [7, 11) is 0. The molecule has 51 heavy (non-hydrogen) atoms. The third-order valence-corrected chi connectivity index (χ3v) is 10.3. The zero-order valence-corrected chi connectivity index (χ0v) is 28.5. The standard InChI is InChI=1S/C42H34N2O6S/c1-26-35(25-51-42-43-36(28-11-4-2-5-12-28)38(50-42)29-13-6-3-7-14-29)48-41(49-37(26)30-21-19-27(24-45)20-22-30)31-15-10-16-32(23-31)44-39(46)33-17-8-9-18-34(33)40(44)47/h2-23,26,35,37,41,45H,24-25H2,1H3/t26-,35+,37+,41+/m0/s1. The normalized spacial score (nSPS) is 20.1. The van der Waals surface area contributed by atoms with Crippen molar-refractivity contribution < 1.29 is 28.6 Å². The van der Waals surface area contributed by atoms with Gasteiger partial charge in [0, 0.05) is 28.4 Å². The summed E-state index contributed by atoms with van der Waals surface area (Å²) in [6.07, 6.45) is -1.45. The molecule has 1 aromatic heterocycles. The molecule has 2 aliphatic rings. The molecular weight excluding hydrogens is 661 g/mol. The number of ether oxygens (including phenoxy) is 2. The second kappa shape index (κ2) is 14.1. The molecule has 1 saturated heterocycles. The van der Waals surface area contributed by atoms with Crippen molar-refractivity contribution in [2.75, 3.05) is 10.7 Å². The minimum Gasteiger partial charge on any atom is -0.431 e. The minimum absolute atomic E-state index is 0.0525. The van der Waals surface area contributed by atoms with E-state index >= 15 is 0 Å². The zero-order chi connectivity index (χ0) is 34.9. The number of benzene rings is 5. The molecule has 2 aliphatic heterocycles. The number of nitrogens with zero attached hydrogens (tertiary/aromatic N) is 2. The van der Waals surface area contributed by atoms with Crippen LogP contribution in [0.2, 0.25) is 0 Å². The molecule has 4 atom stereocenters. The van der Waals surface area contributed by atoms with Gasteiger partial charge in [0.05, 0.1) is 35.6 Å². The van der Waals surface area contributed by atoms with Crippen molar-refractivity contribution in [3.05, 3.63) is 161 Å². The highest BCUT2D eigenvalue weighted by Crippen LogP contribution is 2.44. The monoisotopic (exact) mass is 694 g/mol. The van der Waals surface area contributed by atoms with Crippen LogP contribution in [-0.4, -0.2) is 33.8 Å². The summed E-state index contributed by atoms with van der Waals surface area (Å²) in [6.45, 7) is 2.05. The van der Waals surface area contributed by atoms with E-state index in [1.165, 1.54) is 16.7 Å². The average Bonchev–Trinajstić information content (AvgIpc) is 3.73. The minimum atomic E-state index is -0.797. The van der Waals surface area contributed by atoms with Crippen LogP contribution in [0.3, 0.4) is 0 Å². The van der Waals surface area contributed by atoms with Gasteiger partial charge in [0.25, 0.3) is 17.0 Å². The predicted octanol–water partition coefficient (Wildman–Crippen LogP) is 8.89. The van der Waals surface area contributed by atoms with Crippen LogP contribution >= 0.6 is 11.8 Å². The molecule has 6 aromatic rings. The molecule has 9 heteroatoms. The van der Waals surface area contributed by atoms with Gasteiger partial charge in [0.2, 0.25) is 0 Å². The van der Waals surface area contributed by atoms with Crippen molar-refractivity contribution >= 4 is 29.3 Å². The van der Waals surface area contributed by atoms with Crippen LogP contribution in [-0.2, 0) is 16.1 Å². The summed E-state index contributed by atoms with van der Waals surface area (Å²) in [4.78, 5) is 32.8. The van der Waals surface area contributed by atoms with E-state index in [0.717, 1.165) is 27.9 Å². The Bertz CT molecular complexity index is 2100. The van der Waals surface area contributed by atoms with Crippen molar-refractivity contribution in [3.8, 4) is 22.6 Å². The third-order valence-electron chi connectivity index (χ3n) is 9.38. The number of hydrogen-bond donors (Lipinski definition) is 1. The Balaban J connectivity index is 1.10. The fourth-order valence-electron chi connectivity index (χ4n) is 6.64. The lowest BCUT2D eigenvalue weighted by Gasteiger charge is -2.41. The quantitative estimate of drug-likeness (QED) is 0.118. The van der Waals surface area contributed by atoms with Crippen LogP contribution < -0.4 is 4.90 Å². The van der Waals surface area contributed by atoms with Gasteiger partial charge in [-0.2, -0.15) is 0 Å². The van der Waals surface area contributed by atoms with Crippen LogP contribution in [0.5, 0.6) is 0 Å². The molecule has 2 amide bonds. The van der Waals surface area contributed by atoms with Gasteiger partial charge in [-0.15, -0.1) is 0 Å². The van der Waals surface area contributed by atoms with E-state index in [2.05, 4.69) is 6.92 Å². The molecule has 1 N–H and O–H groups in total. The molecule has 0 spiro atoms. The number of rotatable bonds is 9. The van der Waals surface area contributed by atoms with Gasteiger partial charge in [0.1, 0.15) is 5.69 Å².